The molecular formula is C13H14N2O. The van der Waals surface area contributed by atoms with E-state index in [4.69, 9.17) is 4.74 Å². The predicted octanol–water partition coefficient (Wildman–Crippen LogP) is 2.95. The number of benzene rings is 1. The first kappa shape index (κ1) is 10.6. The molecule has 0 bridgehead atoms. The zero-order valence-corrected chi connectivity index (χ0v) is 9.47. The second-order valence-electron chi connectivity index (χ2n) is 3.49. The monoisotopic (exact) mass is 214 g/mol. The van der Waals surface area contributed by atoms with Crippen LogP contribution in [0.15, 0.2) is 30.7 Å². The molecule has 0 atom stereocenters. The molecule has 0 unspecified atom stereocenters. The van der Waals surface area contributed by atoms with Gasteiger partial charge in [0.05, 0.1) is 18.4 Å². The fraction of sp³-hybridized carbons (Fsp3) is 0.231. The Balaban J connectivity index is 2.35. The van der Waals surface area contributed by atoms with Gasteiger partial charge in [-0.1, -0.05) is 12.1 Å². The van der Waals surface area contributed by atoms with Crippen molar-refractivity contribution in [2.45, 2.75) is 13.8 Å². The lowest BCUT2D eigenvalue weighted by Gasteiger charge is -2.00. The molecule has 2 rings (SSSR count). The fourth-order valence-corrected chi connectivity index (χ4v) is 1.46. The molecule has 0 spiro atoms. The summed E-state index contributed by atoms with van der Waals surface area (Å²) in [7, 11) is 0. The van der Waals surface area contributed by atoms with Crippen LogP contribution in [0.4, 0.5) is 0 Å². The van der Waals surface area contributed by atoms with Crippen molar-refractivity contribution < 1.29 is 4.74 Å². The van der Waals surface area contributed by atoms with E-state index in [9.17, 15) is 0 Å². The van der Waals surface area contributed by atoms with Crippen LogP contribution in [0.2, 0.25) is 0 Å². The lowest BCUT2D eigenvalue weighted by atomic mass is 10.1. The van der Waals surface area contributed by atoms with Gasteiger partial charge in [-0.3, -0.25) is 0 Å². The van der Waals surface area contributed by atoms with Gasteiger partial charge in [0.1, 0.15) is 5.82 Å². The third kappa shape index (κ3) is 2.37. The average molecular weight is 214 g/mol. The SMILES string of the molecule is CCO/C=C/c1ccc2cnc(C)nc2c1. The molecule has 3 nitrogen and oxygen atoms in total. The summed E-state index contributed by atoms with van der Waals surface area (Å²) in [5, 5.41) is 1.05. The Labute approximate surface area is 94.8 Å². The largest absolute Gasteiger partial charge is 0.501 e. The summed E-state index contributed by atoms with van der Waals surface area (Å²) >= 11 is 0. The third-order valence-corrected chi connectivity index (χ3v) is 2.25. The van der Waals surface area contributed by atoms with Gasteiger partial charge < -0.3 is 4.74 Å². The standard InChI is InChI=1S/C13H14N2O/c1-3-16-7-6-11-4-5-12-9-14-10(2)15-13(12)8-11/h4-9H,3H2,1-2H3/b7-6+. The van der Waals surface area contributed by atoms with E-state index in [0.717, 1.165) is 22.3 Å². The molecular weight excluding hydrogens is 200 g/mol. The first-order chi connectivity index (χ1) is 7.79. The van der Waals surface area contributed by atoms with E-state index in [1.807, 2.05) is 44.3 Å². The van der Waals surface area contributed by atoms with Crippen LogP contribution >= 0.6 is 0 Å². The fourth-order valence-electron chi connectivity index (χ4n) is 1.46. The lowest BCUT2D eigenvalue weighted by molar-refractivity contribution is 0.272. The van der Waals surface area contributed by atoms with E-state index in [-0.39, 0.29) is 0 Å². The van der Waals surface area contributed by atoms with Gasteiger partial charge in [0.2, 0.25) is 0 Å². The number of hydrogen-bond donors (Lipinski definition) is 0. The third-order valence-electron chi connectivity index (χ3n) is 2.25. The maximum absolute atomic E-state index is 5.16. The van der Waals surface area contributed by atoms with Gasteiger partial charge >= 0.3 is 0 Å². The Morgan fingerprint density at radius 2 is 2.25 bits per heavy atom. The zero-order chi connectivity index (χ0) is 11.4. The summed E-state index contributed by atoms with van der Waals surface area (Å²) in [6.45, 7) is 4.54. The van der Waals surface area contributed by atoms with Crippen LogP contribution in [0.1, 0.15) is 18.3 Å². The van der Waals surface area contributed by atoms with Crippen LogP contribution in [0, 0.1) is 6.92 Å². The second kappa shape index (κ2) is 4.75. The van der Waals surface area contributed by atoms with Crippen molar-refractivity contribution in [1.29, 1.82) is 0 Å². The molecule has 0 aliphatic rings. The van der Waals surface area contributed by atoms with Gasteiger partial charge in [0.15, 0.2) is 0 Å². The topological polar surface area (TPSA) is 35.0 Å². The Kier molecular flexibility index (Phi) is 3.15. The minimum Gasteiger partial charge on any atom is -0.501 e. The van der Waals surface area contributed by atoms with E-state index in [1.165, 1.54) is 0 Å². The van der Waals surface area contributed by atoms with Crippen LogP contribution < -0.4 is 0 Å². The number of aromatic nitrogens is 2. The number of aryl methyl sites for hydroxylation is 1. The number of nitrogens with zero attached hydrogens (tertiary/aromatic N) is 2. The molecule has 0 aliphatic heterocycles. The summed E-state index contributed by atoms with van der Waals surface area (Å²) in [5.74, 6) is 0.790. The van der Waals surface area contributed by atoms with Gasteiger partial charge in [-0.05, 0) is 31.6 Å². The summed E-state index contributed by atoms with van der Waals surface area (Å²) in [5.41, 5.74) is 2.05. The Morgan fingerprint density at radius 1 is 1.38 bits per heavy atom. The molecule has 0 saturated heterocycles. The van der Waals surface area contributed by atoms with Crippen molar-refractivity contribution in [3.05, 3.63) is 42.0 Å². The molecule has 1 aromatic heterocycles. The summed E-state index contributed by atoms with van der Waals surface area (Å²) in [6.07, 6.45) is 5.48. The molecule has 1 aromatic carbocycles. The molecule has 16 heavy (non-hydrogen) atoms. The van der Waals surface area contributed by atoms with Crippen LogP contribution in [0.25, 0.3) is 17.0 Å². The normalized spacial score (nSPS) is 11.1. The highest BCUT2D eigenvalue weighted by Gasteiger charge is 1.96. The van der Waals surface area contributed by atoms with Gasteiger partial charge in [-0.2, -0.15) is 0 Å². The molecule has 82 valence electrons. The van der Waals surface area contributed by atoms with Crippen molar-refractivity contribution in [3.63, 3.8) is 0 Å². The van der Waals surface area contributed by atoms with Crippen molar-refractivity contribution in [2.75, 3.05) is 6.61 Å². The quantitative estimate of drug-likeness (QED) is 0.737. The van der Waals surface area contributed by atoms with Crippen molar-refractivity contribution >= 4 is 17.0 Å². The van der Waals surface area contributed by atoms with Gasteiger partial charge in [-0.25, -0.2) is 9.97 Å². The first-order valence-electron chi connectivity index (χ1n) is 5.31. The molecule has 0 fully saturated rings. The molecule has 1 heterocycles. The Bertz CT molecular complexity index is 520. The zero-order valence-electron chi connectivity index (χ0n) is 9.47. The Morgan fingerprint density at radius 3 is 3.06 bits per heavy atom. The number of fused-ring (bicyclic) bond motifs is 1. The van der Waals surface area contributed by atoms with E-state index in [2.05, 4.69) is 9.97 Å². The number of hydrogen-bond acceptors (Lipinski definition) is 3. The van der Waals surface area contributed by atoms with E-state index >= 15 is 0 Å². The maximum Gasteiger partial charge on any atom is 0.125 e. The highest BCUT2D eigenvalue weighted by molar-refractivity contribution is 5.80. The number of rotatable bonds is 3. The van der Waals surface area contributed by atoms with Gasteiger partial charge in [0.25, 0.3) is 0 Å². The first-order valence-corrected chi connectivity index (χ1v) is 5.31. The minimum absolute atomic E-state index is 0.686. The molecule has 0 saturated carbocycles. The Hall–Kier alpha value is -1.90. The molecule has 3 heteroatoms. The van der Waals surface area contributed by atoms with E-state index in [1.54, 1.807) is 6.26 Å². The van der Waals surface area contributed by atoms with Gasteiger partial charge in [0, 0.05) is 11.6 Å². The lowest BCUT2D eigenvalue weighted by Crippen LogP contribution is -1.88. The molecule has 0 N–H and O–H groups in total. The smallest absolute Gasteiger partial charge is 0.125 e. The van der Waals surface area contributed by atoms with Crippen LogP contribution in [-0.4, -0.2) is 16.6 Å². The van der Waals surface area contributed by atoms with Gasteiger partial charge in [-0.15, -0.1) is 0 Å². The second-order valence-corrected chi connectivity index (χ2v) is 3.49. The van der Waals surface area contributed by atoms with E-state index < -0.39 is 0 Å². The van der Waals surface area contributed by atoms with E-state index in [0.29, 0.717) is 6.61 Å². The maximum atomic E-state index is 5.16. The molecule has 0 amide bonds. The van der Waals surface area contributed by atoms with Crippen molar-refractivity contribution in [2.24, 2.45) is 0 Å². The van der Waals surface area contributed by atoms with Crippen molar-refractivity contribution in [1.82, 2.24) is 9.97 Å². The summed E-state index contributed by atoms with van der Waals surface area (Å²) in [4.78, 5) is 8.54. The molecule has 0 radical (unpaired) electrons. The summed E-state index contributed by atoms with van der Waals surface area (Å²) in [6, 6.07) is 6.07. The van der Waals surface area contributed by atoms with Crippen LogP contribution in [-0.2, 0) is 4.74 Å². The predicted molar refractivity (Wildman–Crippen MR) is 64.9 cm³/mol. The van der Waals surface area contributed by atoms with Crippen LogP contribution in [0.3, 0.4) is 0 Å². The molecule has 2 aromatic rings. The molecule has 0 aliphatic carbocycles. The highest BCUT2D eigenvalue weighted by atomic mass is 16.5. The van der Waals surface area contributed by atoms with Crippen LogP contribution in [0.5, 0.6) is 0 Å². The number of ether oxygens (including phenoxy) is 1. The average Bonchev–Trinajstić information content (AvgIpc) is 2.29. The highest BCUT2D eigenvalue weighted by Crippen LogP contribution is 2.14. The summed E-state index contributed by atoms with van der Waals surface area (Å²) < 4.78 is 5.16. The van der Waals surface area contributed by atoms with Crippen molar-refractivity contribution in [3.8, 4) is 0 Å². The minimum atomic E-state index is 0.686.